The minimum absolute atomic E-state index is 0.0471. The molecule has 1 aliphatic rings. The molecule has 0 bridgehead atoms. The number of aryl methyl sites for hydroxylation is 2. The van der Waals surface area contributed by atoms with E-state index in [2.05, 4.69) is 40.0 Å². The molecule has 2 aromatic heterocycles. The second-order valence-corrected chi connectivity index (χ2v) is 6.42. The minimum atomic E-state index is 0.0471. The van der Waals surface area contributed by atoms with E-state index in [0.717, 1.165) is 48.2 Å². The summed E-state index contributed by atoms with van der Waals surface area (Å²) in [6.45, 7) is 2.92. The van der Waals surface area contributed by atoms with Gasteiger partial charge in [0, 0.05) is 42.4 Å². The second kappa shape index (κ2) is 6.15. The second-order valence-electron chi connectivity index (χ2n) is 6.42. The number of amides is 1. The van der Waals surface area contributed by atoms with Gasteiger partial charge in [-0.15, -0.1) is 0 Å². The zero-order valence-electron chi connectivity index (χ0n) is 13.8. The van der Waals surface area contributed by atoms with Crippen molar-refractivity contribution in [2.45, 2.75) is 45.2 Å². The van der Waals surface area contributed by atoms with Crippen molar-refractivity contribution < 1.29 is 9.21 Å². The molecular weight excluding hydrogens is 302 g/mol. The van der Waals surface area contributed by atoms with Crippen molar-refractivity contribution >= 4 is 16.9 Å². The van der Waals surface area contributed by atoms with Gasteiger partial charge in [-0.1, -0.05) is 19.1 Å². The molecule has 1 aromatic carbocycles. The number of imidazole rings is 1. The fraction of sp³-hybridized carbons (Fsp3) is 0.368. The fourth-order valence-corrected chi connectivity index (χ4v) is 3.42. The van der Waals surface area contributed by atoms with Crippen molar-refractivity contribution in [3.8, 4) is 0 Å². The van der Waals surface area contributed by atoms with Crippen molar-refractivity contribution in [2.24, 2.45) is 0 Å². The summed E-state index contributed by atoms with van der Waals surface area (Å²) in [6.07, 6.45) is 8.68. The summed E-state index contributed by atoms with van der Waals surface area (Å²) in [5.74, 6) is 1.15. The van der Waals surface area contributed by atoms with Gasteiger partial charge in [-0.05, 0) is 24.5 Å². The molecule has 0 unspecified atom stereocenters. The number of aromatic nitrogens is 2. The van der Waals surface area contributed by atoms with Gasteiger partial charge >= 0.3 is 0 Å². The average Bonchev–Trinajstić information content (AvgIpc) is 3.21. The van der Waals surface area contributed by atoms with Crippen LogP contribution in [0.25, 0.3) is 11.0 Å². The summed E-state index contributed by atoms with van der Waals surface area (Å²) in [5.41, 5.74) is 3.05. The molecule has 1 amide bonds. The fourth-order valence-electron chi connectivity index (χ4n) is 3.42. The molecular formula is C19H21N3O2. The third-order valence-electron chi connectivity index (χ3n) is 4.78. The smallest absolute Gasteiger partial charge is 0.224 e. The van der Waals surface area contributed by atoms with E-state index in [4.69, 9.17) is 4.42 Å². The van der Waals surface area contributed by atoms with Gasteiger partial charge < -0.3 is 14.3 Å². The maximum atomic E-state index is 12.4. The molecule has 0 aliphatic carbocycles. The highest BCUT2D eigenvalue weighted by atomic mass is 16.3. The Balaban J connectivity index is 1.43. The Bertz CT molecular complexity index is 878. The predicted molar refractivity (Wildman–Crippen MR) is 91.8 cm³/mol. The van der Waals surface area contributed by atoms with Crippen LogP contribution in [-0.2, 0) is 30.6 Å². The average molecular weight is 323 g/mol. The molecule has 0 saturated carbocycles. The number of benzene rings is 1. The lowest BCUT2D eigenvalue weighted by atomic mass is 10.0. The summed E-state index contributed by atoms with van der Waals surface area (Å²) < 4.78 is 7.75. The Labute approximate surface area is 140 Å². The maximum absolute atomic E-state index is 12.4. The number of carbonyl (C=O) groups is 1. The van der Waals surface area contributed by atoms with E-state index in [1.165, 1.54) is 5.56 Å². The van der Waals surface area contributed by atoms with Crippen LogP contribution in [0.1, 0.15) is 30.3 Å². The maximum Gasteiger partial charge on any atom is 0.224 e. The van der Waals surface area contributed by atoms with E-state index >= 15 is 0 Å². The minimum Gasteiger partial charge on any atom is -0.464 e. The zero-order valence-corrected chi connectivity index (χ0v) is 13.8. The van der Waals surface area contributed by atoms with Crippen molar-refractivity contribution in [1.82, 2.24) is 14.9 Å². The molecule has 0 fully saturated rings. The molecule has 1 aliphatic heterocycles. The van der Waals surface area contributed by atoms with Crippen LogP contribution in [0.2, 0.25) is 0 Å². The highest BCUT2D eigenvalue weighted by Gasteiger charge is 2.21. The van der Waals surface area contributed by atoms with Crippen molar-refractivity contribution in [3.63, 3.8) is 0 Å². The predicted octanol–water partition coefficient (Wildman–Crippen LogP) is 2.87. The van der Waals surface area contributed by atoms with Crippen LogP contribution < -0.4 is 5.32 Å². The van der Waals surface area contributed by atoms with Gasteiger partial charge in [-0.25, -0.2) is 4.98 Å². The number of furan rings is 1. The van der Waals surface area contributed by atoms with Crippen LogP contribution in [-0.4, -0.2) is 21.5 Å². The summed E-state index contributed by atoms with van der Waals surface area (Å²) in [6, 6.07) is 6.38. The lowest BCUT2D eigenvalue weighted by Crippen LogP contribution is -2.41. The molecule has 24 heavy (non-hydrogen) atoms. The van der Waals surface area contributed by atoms with E-state index in [0.29, 0.717) is 6.42 Å². The quantitative estimate of drug-likeness (QED) is 0.803. The molecule has 0 saturated heterocycles. The van der Waals surface area contributed by atoms with Gasteiger partial charge in [-0.2, -0.15) is 0 Å². The zero-order chi connectivity index (χ0) is 16.5. The first-order valence-corrected chi connectivity index (χ1v) is 8.51. The van der Waals surface area contributed by atoms with Gasteiger partial charge in [0.25, 0.3) is 0 Å². The lowest BCUT2D eigenvalue weighted by Gasteiger charge is -2.24. The molecule has 4 rings (SSSR count). The number of carbonyl (C=O) groups excluding carboxylic acids is 1. The third kappa shape index (κ3) is 2.82. The molecule has 0 spiro atoms. The number of fused-ring (bicyclic) bond motifs is 2. The topological polar surface area (TPSA) is 60.1 Å². The Morgan fingerprint density at radius 1 is 1.46 bits per heavy atom. The number of rotatable bonds is 4. The molecule has 1 atom stereocenters. The summed E-state index contributed by atoms with van der Waals surface area (Å²) in [4.78, 5) is 16.7. The monoisotopic (exact) mass is 323 g/mol. The van der Waals surface area contributed by atoms with Gasteiger partial charge in [0.15, 0.2) is 0 Å². The standard InChI is InChI=1S/C19H21N3O2/c1-2-13-3-5-16-14(12-24-17(16)9-13)10-19(23)21-15-4-6-18-20-7-8-22(18)11-15/h3,5,7-9,12,15H,2,4,6,10-11H2,1H3,(H,21,23)/t15-/m0/s1. The van der Waals surface area contributed by atoms with Gasteiger partial charge in [0.2, 0.25) is 5.91 Å². The van der Waals surface area contributed by atoms with Gasteiger partial charge in [0.05, 0.1) is 12.7 Å². The van der Waals surface area contributed by atoms with Crippen LogP contribution in [0.4, 0.5) is 0 Å². The number of nitrogens with one attached hydrogen (secondary N) is 1. The first-order chi connectivity index (χ1) is 11.7. The van der Waals surface area contributed by atoms with Crippen LogP contribution in [0.5, 0.6) is 0 Å². The highest BCUT2D eigenvalue weighted by Crippen LogP contribution is 2.23. The van der Waals surface area contributed by atoms with E-state index < -0.39 is 0 Å². The Morgan fingerprint density at radius 3 is 3.25 bits per heavy atom. The van der Waals surface area contributed by atoms with E-state index in [1.807, 2.05) is 12.4 Å². The molecule has 5 nitrogen and oxygen atoms in total. The summed E-state index contributed by atoms with van der Waals surface area (Å²) >= 11 is 0. The number of hydrogen-bond donors (Lipinski definition) is 1. The van der Waals surface area contributed by atoms with Gasteiger partial charge in [-0.3, -0.25) is 4.79 Å². The van der Waals surface area contributed by atoms with Crippen LogP contribution >= 0.6 is 0 Å². The normalized spacial score (nSPS) is 17.0. The van der Waals surface area contributed by atoms with E-state index in [-0.39, 0.29) is 11.9 Å². The van der Waals surface area contributed by atoms with Gasteiger partial charge in [0.1, 0.15) is 11.4 Å². The lowest BCUT2D eigenvalue weighted by molar-refractivity contribution is -0.121. The molecule has 1 N–H and O–H groups in total. The summed E-state index contributed by atoms with van der Waals surface area (Å²) in [7, 11) is 0. The summed E-state index contributed by atoms with van der Waals surface area (Å²) in [5, 5.41) is 4.18. The molecule has 124 valence electrons. The van der Waals surface area contributed by atoms with Crippen molar-refractivity contribution in [2.75, 3.05) is 0 Å². The molecule has 5 heteroatoms. The van der Waals surface area contributed by atoms with Crippen molar-refractivity contribution in [1.29, 1.82) is 0 Å². The molecule has 0 radical (unpaired) electrons. The first kappa shape index (κ1) is 15.0. The Morgan fingerprint density at radius 2 is 2.38 bits per heavy atom. The largest absolute Gasteiger partial charge is 0.464 e. The van der Waals surface area contributed by atoms with Crippen molar-refractivity contribution in [3.05, 3.63) is 53.8 Å². The van der Waals surface area contributed by atoms with Crippen LogP contribution in [0.15, 0.2) is 41.3 Å². The molecule has 3 heterocycles. The third-order valence-corrected chi connectivity index (χ3v) is 4.78. The number of hydrogen-bond acceptors (Lipinski definition) is 3. The number of nitrogens with zero attached hydrogens (tertiary/aromatic N) is 2. The highest BCUT2D eigenvalue weighted by molar-refractivity contribution is 5.88. The first-order valence-electron chi connectivity index (χ1n) is 8.51. The SMILES string of the molecule is CCc1ccc2c(CC(=O)N[C@H]3CCc4nccn4C3)coc2c1. The van der Waals surface area contributed by atoms with Crippen LogP contribution in [0, 0.1) is 0 Å². The van der Waals surface area contributed by atoms with E-state index in [1.54, 1.807) is 6.26 Å². The Kier molecular flexibility index (Phi) is 3.84. The molecule has 3 aromatic rings. The Hall–Kier alpha value is -2.56. The van der Waals surface area contributed by atoms with E-state index in [9.17, 15) is 4.79 Å². The van der Waals surface area contributed by atoms with Crippen LogP contribution in [0.3, 0.4) is 0 Å².